The molecule has 4 heteroatoms. The molecule has 21 heavy (non-hydrogen) atoms. The molecular weight excluding hydrogens is 262 g/mol. The van der Waals surface area contributed by atoms with Crippen molar-refractivity contribution in [3.05, 3.63) is 54.4 Å². The zero-order valence-electron chi connectivity index (χ0n) is 12.2. The SMILES string of the molecule is CCCCc1cn(COc2ccc3ccccc3c2)nn1. The van der Waals surface area contributed by atoms with Gasteiger partial charge in [-0.3, -0.25) is 0 Å². The predicted octanol–water partition coefficient (Wildman–Crippen LogP) is 3.81. The Labute approximate surface area is 124 Å². The molecule has 0 amide bonds. The maximum atomic E-state index is 5.78. The van der Waals surface area contributed by atoms with Gasteiger partial charge in [0.05, 0.1) is 11.9 Å². The van der Waals surface area contributed by atoms with Gasteiger partial charge in [-0.25, -0.2) is 4.68 Å². The zero-order valence-corrected chi connectivity index (χ0v) is 12.2. The molecule has 0 unspecified atom stereocenters. The number of hydrogen-bond acceptors (Lipinski definition) is 3. The third kappa shape index (κ3) is 3.40. The molecular formula is C17H19N3O. The Morgan fingerprint density at radius 3 is 2.81 bits per heavy atom. The summed E-state index contributed by atoms with van der Waals surface area (Å²) in [7, 11) is 0. The quantitative estimate of drug-likeness (QED) is 0.689. The lowest BCUT2D eigenvalue weighted by molar-refractivity contribution is 0.218. The van der Waals surface area contributed by atoms with Crippen molar-refractivity contribution in [3.8, 4) is 5.75 Å². The lowest BCUT2D eigenvalue weighted by atomic mass is 10.1. The van der Waals surface area contributed by atoms with Crippen LogP contribution in [-0.4, -0.2) is 15.0 Å². The van der Waals surface area contributed by atoms with Crippen LogP contribution in [0.25, 0.3) is 10.8 Å². The van der Waals surface area contributed by atoms with Crippen molar-refractivity contribution in [1.29, 1.82) is 0 Å². The van der Waals surface area contributed by atoms with Crippen LogP contribution in [-0.2, 0) is 13.2 Å². The number of benzene rings is 2. The summed E-state index contributed by atoms with van der Waals surface area (Å²) < 4.78 is 7.51. The fourth-order valence-electron chi connectivity index (χ4n) is 2.27. The number of nitrogens with zero attached hydrogens (tertiary/aromatic N) is 3. The van der Waals surface area contributed by atoms with Gasteiger partial charge in [0.2, 0.25) is 0 Å². The molecule has 0 aliphatic carbocycles. The number of aromatic nitrogens is 3. The summed E-state index contributed by atoms with van der Waals surface area (Å²) in [5.74, 6) is 0.847. The Morgan fingerprint density at radius 1 is 1.10 bits per heavy atom. The number of hydrogen-bond donors (Lipinski definition) is 0. The van der Waals surface area contributed by atoms with Crippen molar-refractivity contribution in [2.45, 2.75) is 32.9 Å². The number of ether oxygens (including phenoxy) is 1. The van der Waals surface area contributed by atoms with E-state index >= 15 is 0 Å². The normalized spacial score (nSPS) is 10.9. The van der Waals surface area contributed by atoms with E-state index in [1.807, 2.05) is 30.5 Å². The molecule has 3 aromatic rings. The minimum Gasteiger partial charge on any atom is -0.471 e. The summed E-state index contributed by atoms with van der Waals surface area (Å²) in [5.41, 5.74) is 1.03. The molecule has 0 aliphatic rings. The smallest absolute Gasteiger partial charge is 0.182 e. The second-order valence-corrected chi connectivity index (χ2v) is 5.14. The lowest BCUT2D eigenvalue weighted by Gasteiger charge is -2.06. The van der Waals surface area contributed by atoms with E-state index in [0.29, 0.717) is 6.73 Å². The van der Waals surface area contributed by atoms with E-state index in [1.54, 1.807) is 4.68 Å². The van der Waals surface area contributed by atoms with Crippen LogP contribution < -0.4 is 4.74 Å². The van der Waals surface area contributed by atoms with Crippen molar-refractivity contribution in [2.75, 3.05) is 0 Å². The molecule has 0 spiro atoms. The van der Waals surface area contributed by atoms with Gasteiger partial charge in [0.15, 0.2) is 6.73 Å². The number of aryl methyl sites for hydroxylation is 1. The molecule has 2 aromatic carbocycles. The van der Waals surface area contributed by atoms with Crippen LogP contribution in [0.15, 0.2) is 48.7 Å². The van der Waals surface area contributed by atoms with Gasteiger partial charge < -0.3 is 4.74 Å². The first-order valence-electron chi connectivity index (χ1n) is 7.36. The first kappa shape index (κ1) is 13.6. The summed E-state index contributed by atoms with van der Waals surface area (Å²) in [5, 5.41) is 10.6. The van der Waals surface area contributed by atoms with Crippen LogP contribution in [0.1, 0.15) is 25.5 Å². The minimum atomic E-state index is 0.386. The van der Waals surface area contributed by atoms with Gasteiger partial charge in [-0.15, -0.1) is 5.10 Å². The molecule has 0 aliphatic heterocycles. The van der Waals surface area contributed by atoms with Crippen molar-refractivity contribution >= 4 is 10.8 Å². The Hall–Kier alpha value is -2.36. The largest absolute Gasteiger partial charge is 0.471 e. The predicted molar refractivity (Wildman–Crippen MR) is 83.2 cm³/mol. The minimum absolute atomic E-state index is 0.386. The monoisotopic (exact) mass is 281 g/mol. The zero-order chi connectivity index (χ0) is 14.5. The number of fused-ring (bicyclic) bond motifs is 1. The van der Waals surface area contributed by atoms with E-state index < -0.39 is 0 Å². The van der Waals surface area contributed by atoms with Crippen LogP contribution in [0, 0.1) is 0 Å². The van der Waals surface area contributed by atoms with E-state index in [1.165, 1.54) is 17.2 Å². The summed E-state index contributed by atoms with van der Waals surface area (Å²) in [4.78, 5) is 0. The second kappa shape index (κ2) is 6.39. The molecule has 0 saturated heterocycles. The molecule has 4 nitrogen and oxygen atoms in total. The van der Waals surface area contributed by atoms with Gasteiger partial charge in [-0.05, 0) is 35.7 Å². The van der Waals surface area contributed by atoms with E-state index in [0.717, 1.165) is 24.3 Å². The van der Waals surface area contributed by atoms with Crippen LogP contribution in [0.2, 0.25) is 0 Å². The third-order valence-corrected chi connectivity index (χ3v) is 3.46. The van der Waals surface area contributed by atoms with E-state index in [9.17, 15) is 0 Å². The van der Waals surface area contributed by atoms with Crippen LogP contribution in [0.5, 0.6) is 5.75 Å². The lowest BCUT2D eigenvalue weighted by Crippen LogP contribution is -2.05. The Bertz CT molecular complexity index is 721. The number of rotatable bonds is 6. The maximum Gasteiger partial charge on any atom is 0.182 e. The molecule has 0 N–H and O–H groups in total. The van der Waals surface area contributed by atoms with Crippen LogP contribution in [0.4, 0.5) is 0 Å². The Balaban J connectivity index is 1.64. The molecule has 1 heterocycles. The van der Waals surface area contributed by atoms with Crippen molar-refractivity contribution in [2.24, 2.45) is 0 Å². The molecule has 3 rings (SSSR count). The third-order valence-electron chi connectivity index (χ3n) is 3.46. The van der Waals surface area contributed by atoms with Gasteiger partial charge in [0.1, 0.15) is 5.75 Å². The van der Waals surface area contributed by atoms with Gasteiger partial charge in [0, 0.05) is 0 Å². The summed E-state index contributed by atoms with van der Waals surface area (Å²) in [6.45, 7) is 2.56. The van der Waals surface area contributed by atoms with E-state index in [2.05, 4.69) is 35.4 Å². The summed E-state index contributed by atoms with van der Waals surface area (Å²) in [6, 6.07) is 14.3. The Kier molecular flexibility index (Phi) is 4.15. The molecule has 0 saturated carbocycles. The summed E-state index contributed by atoms with van der Waals surface area (Å²) in [6.07, 6.45) is 5.24. The Morgan fingerprint density at radius 2 is 1.95 bits per heavy atom. The van der Waals surface area contributed by atoms with Crippen molar-refractivity contribution < 1.29 is 4.74 Å². The van der Waals surface area contributed by atoms with Crippen LogP contribution >= 0.6 is 0 Å². The standard InChI is InChI=1S/C17H19N3O/c1-2-3-8-16-12-20(19-18-16)13-21-17-10-9-14-6-4-5-7-15(14)11-17/h4-7,9-12H,2-3,8,13H2,1H3. The highest BCUT2D eigenvalue weighted by Crippen LogP contribution is 2.20. The van der Waals surface area contributed by atoms with Gasteiger partial charge in [-0.1, -0.05) is 48.9 Å². The first-order chi connectivity index (χ1) is 10.3. The topological polar surface area (TPSA) is 39.9 Å². The van der Waals surface area contributed by atoms with Crippen molar-refractivity contribution in [1.82, 2.24) is 15.0 Å². The average molecular weight is 281 g/mol. The maximum absolute atomic E-state index is 5.78. The highest BCUT2D eigenvalue weighted by Gasteiger charge is 2.01. The fourth-order valence-corrected chi connectivity index (χ4v) is 2.27. The molecule has 108 valence electrons. The van der Waals surface area contributed by atoms with Gasteiger partial charge in [-0.2, -0.15) is 0 Å². The number of unbranched alkanes of at least 4 members (excludes halogenated alkanes) is 1. The van der Waals surface area contributed by atoms with Crippen LogP contribution in [0.3, 0.4) is 0 Å². The molecule has 0 fully saturated rings. The highest BCUT2D eigenvalue weighted by molar-refractivity contribution is 5.83. The van der Waals surface area contributed by atoms with Crippen molar-refractivity contribution in [3.63, 3.8) is 0 Å². The van der Waals surface area contributed by atoms with E-state index in [4.69, 9.17) is 4.74 Å². The second-order valence-electron chi connectivity index (χ2n) is 5.14. The molecule has 0 atom stereocenters. The van der Waals surface area contributed by atoms with E-state index in [-0.39, 0.29) is 0 Å². The highest BCUT2D eigenvalue weighted by atomic mass is 16.5. The first-order valence-corrected chi connectivity index (χ1v) is 7.36. The fraction of sp³-hybridized carbons (Fsp3) is 0.294. The molecule has 0 bridgehead atoms. The average Bonchev–Trinajstić information content (AvgIpc) is 2.98. The summed E-state index contributed by atoms with van der Waals surface area (Å²) >= 11 is 0. The van der Waals surface area contributed by atoms with Gasteiger partial charge >= 0.3 is 0 Å². The molecule has 0 radical (unpaired) electrons. The van der Waals surface area contributed by atoms with Gasteiger partial charge in [0.25, 0.3) is 0 Å². The molecule has 1 aromatic heterocycles.